The quantitative estimate of drug-likeness (QED) is 0.333. The van der Waals surface area contributed by atoms with Crippen molar-refractivity contribution in [2.45, 2.75) is 64.7 Å². The van der Waals surface area contributed by atoms with Crippen LogP contribution in [0.1, 0.15) is 78.0 Å². The highest BCUT2D eigenvalue weighted by atomic mass is 32.2. The van der Waals surface area contributed by atoms with Gasteiger partial charge >= 0.3 is 11.9 Å². The highest BCUT2D eigenvalue weighted by molar-refractivity contribution is 8.04. The zero-order chi connectivity index (χ0) is 29.7. The lowest BCUT2D eigenvalue weighted by molar-refractivity contribution is -0.146. The number of fused-ring (bicyclic) bond motifs is 2. The van der Waals surface area contributed by atoms with Crippen LogP contribution in [0.15, 0.2) is 16.7 Å². The van der Waals surface area contributed by atoms with Crippen LogP contribution in [0.3, 0.4) is 0 Å². The summed E-state index contributed by atoms with van der Waals surface area (Å²) >= 11 is 0.908. The summed E-state index contributed by atoms with van der Waals surface area (Å²) in [6.45, 7) is 5.36. The molecule has 40 heavy (non-hydrogen) atoms. The third-order valence-corrected chi connectivity index (χ3v) is 8.00. The third kappa shape index (κ3) is 6.67. The van der Waals surface area contributed by atoms with E-state index in [4.69, 9.17) is 14.2 Å². The fourth-order valence-electron chi connectivity index (χ4n) is 4.91. The number of nitrogens with one attached hydrogen (secondary N) is 2. The number of phenolic OH excluding ortho intramolecular Hbond substituents is 1. The minimum absolute atomic E-state index is 0.00790. The Balaban J connectivity index is 2.05. The summed E-state index contributed by atoms with van der Waals surface area (Å²) in [5, 5.41) is 16.8. The zero-order valence-electron chi connectivity index (χ0n) is 23.5. The van der Waals surface area contributed by atoms with E-state index in [1.54, 1.807) is 6.07 Å². The lowest BCUT2D eigenvalue weighted by Gasteiger charge is -2.34. The summed E-state index contributed by atoms with van der Waals surface area (Å²) in [6.07, 6.45) is 0.455. The number of carbonyl (C=O) groups excluding carboxylic acids is 5. The van der Waals surface area contributed by atoms with Crippen LogP contribution in [0.2, 0.25) is 0 Å². The van der Waals surface area contributed by atoms with Crippen molar-refractivity contribution in [1.29, 1.82) is 0 Å². The molecule has 218 valence electrons. The molecule has 1 aliphatic carbocycles. The Labute approximate surface area is 237 Å². The first-order chi connectivity index (χ1) is 18.9. The average Bonchev–Trinajstić information content (AvgIpc) is 2.90. The topological polar surface area (TPSA) is 157 Å². The van der Waals surface area contributed by atoms with Gasteiger partial charge in [-0.25, -0.2) is 4.79 Å². The largest absolute Gasteiger partial charge is 0.507 e. The van der Waals surface area contributed by atoms with Gasteiger partial charge in [0.05, 0.1) is 43.3 Å². The van der Waals surface area contributed by atoms with Gasteiger partial charge in [0.15, 0.2) is 0 Å². The predicted molar refractivity (Wildman–Crippen MR) is 147 cm³/mol. The molecule has 2 aliphatic rings. The van der Waals surface area contributed by atoms with E-state index in [2.05, 4.69) is 24.5 Å². The number of esters is 2. The second-order valence-electron chi connectivity index (χ2n) is 10.1. The zero-order valence-corrected chi connectivity index (χ0v) is 24.4. The molecule has 1 unspecified atom stereocenters. The number of benzene rings is 1. The highest BCUT2D eigenvalue weighted by Crippen LogP contribution is 2.46. The van der Waals surface area contributed by atoms with Gasteiger partial charge in [-0.15, -0.1) is 11.8 Å². The fourth-order valence-corrected chi connectivity index (χ4v) is 6.03. The van der Waals surface area contributed by atoms with Crippen molar-refractivity contribution in [3.05, 3.63) is 38.9 Å². The van der Waals surface area contributed by atoms with Crippen LogP contribution in [0, 0.1) is 5.92 Å². The van der Waals surface area contributed by atoms with E-state index >= 15 is 0 Å². The van der Waals surface area contributed by atoms with Crippen molar-refractivity contribution in [2.75, 3.05) is 27.0 Å². The van der Waals surface area contributed by atoms with Gasteiger partial charge in [-0.2, -0.15) is 0 Å². The van der Waals surface area contributed by atoms with Crippen LogP contribution >= 0.6 is 11.8 Å². The number of thioether (sulfide) groups is 1. The monoisotopic (exact) mass is 576 g/mol. The van der Waals surface area contributed by atoms with Crippen molar-refractivity contribution in [1.82, 2.24) is 10.6 Å². The van der Waals surface area contributed by atoms with Crippen molar-refractivity contribution >= 4 is 41.2 Å². The Morgan fingerprint density at radius 2 is 1.88 bits per heavy atom. The molecule has 3 rings (SSSR count). The van der Waals surface area contributed by atoms with Crippen LogP contribution < -0.4 is 10.6 Å². The van der Waals surface area contributed by atoms with E-state index in [9.17, 15) is 29.1 Å². The Kier molecular flexibility index (Phi) is 10.4. The molecule has 1 aromatic carbocycles. The number of amides is 1. The second kappa shape index (κ2) is 13.3. The van der Waals surface area contributed by atoms with Crippen LogP contribution in [0.4, 0.5) is 0 Å². The summed E-state index contributed by atoms with van der Waals surface area (Å²) in [4.78, 5) is 63.1. The molecule has 0 spiro atoms. The minimum atomic E-state index is -1.06. The van der Waals surface area contributed by atoms with Crippen molar-refractivity contribution in [3.63, 3.8) is 0 Å². The van der Waals surface area contributed by atoms with Crippen molar-refractivity contribution < 1.29 is 43.3 Å². The van der Waals surface area contributed by atoms with E-state index in [1.165, 1.54) is 28.2 Å². The molecule has 3 N–H and O–H groups in total. The molecule has 0 bridgehead atoms. The number of likely N-dealkylation sites (N-methyl/N-ethyl adjacent to an activating group) is 1. The number of hydrogen-bond donors (Lipinski definition) is 3. The van der Waals surface area contributed by atoms with Gasteiger partial charge in [0.2, 0.25) is 17.5 Å². The van der Waals surface area contributed by atoms with E-state index in [1.807, 2.05) is 0 Å². The number of hydrogen-bond acceptors (Lipinski definition) is 11. The molecule has 0 radical (unpaired) electrons. The molecule has 11 nitrogen and oxygen atoms in total. The number of carbonyl (C=O) groups is 5. The lowest BCUT2D eigenvalue weighted by atomic mass is 9.82. The van der Waals surface area contributed by atoms with Gasteiger partial charge in [-0.1, -0.05) is 13.8 Å². The maximum atomic E-state index is 13.8. The molecule has 12 heteroatoms. The van der Waals surface area contributed by atoms with Crippen molar-refractivity contribution in [3.8, 4) is 5.75 Å². The summed E-state index contributed by atoms with van der Waals surface area (Å²) in [7, 11) is 3.98. The number of allylic oxidation sites excluding steroid dienone is 2. The summed E-state index contributed by atoms with van der Waals surface area (Å²) < 4.78 is 15.8. The van der Waals surface area contributed by atoms with Crippen LogP contribution in [-0.4, -0.2) is 73.7 Å². The number of aromatic hydroxyl groups is 1. The summed E-state index contributed by atoms with van der Waals surface area (Å²) in [5.41, 5.74) is 0.994. The Morgan fingerprint density at radius 1 is 1.18 bits per heavy atom. The van der Waals surface area contributed by atoms with Gasteiger partial charge in [0.25, 0.3) is 0 Å². The van der Waals surface area contributed by atoms with E-state index in [0.29, 0.717) is 23.5 Å². The number of methoxy groups -OCH3 is 2. The first-order valence-electron chi connectivity index (χ1n) is 13.0. The van der Waals surface area contributed by atoms with Crippen LogP contribution in [0.5, 0.6) is 5.75 Å². The Bertz CT molecular complexity index is 1240. The molecular weight excluding hydrogens is 540 g/mol. The summed E-state index contributed by atoms with van der Waals surface area (Å²) in [6, 6.07) is 0.549. The van der Waals surface area contributed by atoms with Gasteiger partial charge < -0.3 is 30.0 Å². The minimum Gasteiger partial charge on any atom is -0.507 e. The molecule has 0 fully saturated rings. The SMILES string of the molecule is CNC1=C(SCC(NC(C)=O)C(=O)OC)C(=O)c2c(cc3c(c2O)[C@@H](CCC(C)C)O[C@@H](CC(=O)OC)C3)C1=O. The number of ketones is 2. The average molecular weight is 577 g/mol. The molecule has 1 heterocycles. The number of ether oxygens (including phenoxy) is 3. The number of phenols is 1. The second-order valence-corrected chi connectivity index (χ2v) is 11.2. The number of Topliss-reactive ketones (excluding diaryl/α,β-unsaturated/α-hetero) is 2. The van der Waals surface area contributed by atoms with Crippen molar-refractivity contribution in [2.24, 2.45) is 5.92 Å². The highest BCUT2D eigenvalue weighted by Gasteiger charge is 2.40. The van der Waals surface area contributed by atoms with Gasteiger partial charge in [-0.05, 0) is 36.8 Å². The summed E-state index contributed by atoms with van der Waals surface area (Å²) in [5.74, 6) is -2.75. The maximum absolute atomic E-state index is 13.8. The standard InChI is InChI=1S/C28H36N2O9S/c1-13(2)7-8-19-21-15(9-16(39-19)11-20(32)37-5)10-17-22(25(21)34)26(35)27(23(29-4)24(17)33)40-12-18(28(36)38-6)30-14(3)31/h10,13,16,18-19,29,34H,7-9,11-12H2,1-6H3,(H,30,31)/t16-,18?,19-/m1/s1. The smallest absolute Gasteiger partial charge is 0.329 e. The molecule has 0 saturated heterocycles. The molecule has 1 aliphatic heterocycles. The first-order valence-corrected chi connectivity index (χ1v) is 14.0. The normalized spacial score (nSPS) is 19.1. The van der Waals surface area contributed by atoms with E-state index < -0.39 is 47.7 Å². The number of rotatable bonds is 11. The van der Waals surface area contributed by atoms with E-state index in [0.717, 1.165) is 18.2 Å². The van der Waals surface area contributed by atoms with Gasteiger partial charge in [-0.3, -0.25) is 19.2 Å². The Hall–Kier alpha value is -3.38. The predicted octanol–water partition coefficient (Wildman–Crippen LogP) is 2.59. The van der Waals surface area contributed by atoms with Gasteiger partial charge in [0, 0.05) is 30.9 Å². The van der Waals surface area contributed by atoms with Gasteiger partial charge in [0.1, 0.15) is 17.5 Å². The molecule has 3 atom stereocenters. The fraction of sp³-hybridized carbons (Fsp3) is 0.536. The maximum Gasteiger partial charge on any atom is 0.329 e. The third-order valence-electron chi connectivity index (χ3n) is 6.82. The first kappa shape index (κ1) is 31.2. The Morgan fingerprint density at radius 3 is 2.45 bits per heavy atom. The van der Waals surface area contributed by atoms with Crippen LogP contribution in [-0.2, 0) is 35.0 Å². The molecular formula is C28H36N2O9S. The molecule has 1 amide bonds. The lowest BCUT2D eigenvalue weighted by Crippen LogP contribution is -2.42. The molecule has 0 aromatic heterocycles. The molecule has 1 aromatic rings. The molecule has 0 saturated carbocycles. The van der Waals surface area contributed by atoms with E-state index in [-0.39, 0.29) is 46.1 Å². The van der Waals surface area contributed by atoms with Crippen LogP contribution in [0.25, 0.3) is 0 Å².